The van der Waals surface area contributed by atoms with Gasteiger partial charge in [0.25, 0.3) is 0 Å². The van der Waals surface area contributed by atoms with Crippen LogP contribution in [0.15, 0.2) is 0 Å². The molecule has 2 amide bonds. The molecule has 0 aromatic carbocycles. The largest absolute Gasteiger partial charge is 0.285 e. The highest BCUT2D eigenvalue weighted by Crippen LogP contribution is 2.60. The van der Waals surface area contributed by atoms with Gasteiger partial charge in [-0.1, -0.05) is 26.7 Å². The molecule has 1 saturated carbocycles. The van der Waals surface area contributed by atoms with E-state index >= 15 is 0 Å². The average molecular weight is 223 g/mol. The van der Waals surface area contributed by atoms with Crippen molar-refractivity contribution in [2.45, 2.75) is 52.4 Å². The van der Waals surface area contributed by atoms with Gasteiger partial charge in [0.1, 0.15) is 0 Å². The van der Waals surface area contributed by atoms with E-state index in [2.05, 4.69) is 13.8 Å². The van der Waals surface area contributed by atoms with Crippen LogP contribution in [0.4, 0.5) is 0 Å². The van der Waals surface area contributed by atoms with Gasteiger partial charge in [-0.2, -0.15) is 0 Å². The number of imide groups is 1. The molecule has 0 bridgehead atoms. The summed E-state index contributed by atoms with van der Waals surface area (Å²) >= 11 is 0. The summed E-state index contributed by atoms with van der Waals surface area (Å²) in [5.74, 6) is 0.142. The van der Waals surface area contributed by atoms with Gasteiger partial charge in [-0.3, -0.25) is 14.5 Å². The second kappa shape index (κ2) is 3.57. The molecule has 0 unspecified atom stereocenters. The number of carbonyl (C=O) groups is 2. The second-order valence-electron chi connectivity index (χ2n) is 5.25. The summed E-state index contributed by atoms with van der Waals surface area (Å²) in [5, 5.41) is 0. The lowest BCUT2D eigenvalue weighted by Gasteiger charge is -2.44. The van der Waals surface area contributed by atoms with Crippen molar-refractivity contribution in [1.82, 2.24) is 4.90 Å². The van der Waals surface area contributed by atoms with Crippen molar-refractivity contribution in [3.05, 3.63) is 0 Å². The molecule has 1 saturated heterocycles. The molecule has 0 aromatic rings. The average Bonchev–Trinajstić information content (AvgIpc) is 2.50. The molecule has 0 N–H and O–H groups in total. The van der Waals surface area contributed by atoms with Gasteiger partial charge >= 0.3 is 0 Å². The quantitative estimate of drug-likeness (QED) is 0.674. The maximum absolute atomic E-state index is 12.4. The van der Waals surface area contributed by atoms with E-state index in [0.29, 0.717) is 0 Å². The molecule has 90 valence electrons. The highest BCUT2D eigenvalue weighted by atomic mass is 16.2. The summed E-state index contributed by atoms with van der Waals surface area (Å²) in [7, 11) is 1.65. The lowest BCUT2D eigenvalue weighted by atomic mass is 9.55. The Morgan fingerprint density at radius 2 is 1.38 bits per heavy atom. The monoisotopic (exact) mass is 223 g/mol. The first-order valence-corrected chi connectivity index (χ1v) is 6.38. The predicted octanol–water partition coefficient (Wildman–Crippen LogP) is 2.35. The van der Waals surface area contributed by atoms with Gasteiger partial charge < -0.3 is 0 Å². The highest BCUT2D eigenvalue weighted by molar-refractivity contribution is 6.09. The van der Waals surface area contributed by atoms with Gasteiger partial charge in [-0.15, -0.1) is 0 Å². The van der Waals surface area contributed by atoms with E-state index in [1.54, 1.807) is 7.05 Å². The lowest BCUT2D eigenvalue weighted by Crippen LogP contribution is -2.46. The van der Waals surface area contributed by atoms with Crippen molar-refractivity contribution < 1.29 is 9.59 Å². The molecule has 1 aliphatic carbocycles. The maximum atomic E-state index is 12.4. The summed E-state index contributed by atoms with van der Waals surface area (Å²) in [6, 6.07) is 0. The summed E-state index contributed by atoms with van der Waals surface area (Å²) < 4.78 is 0. The summed E-state index contributed by atoms with van der Waals surface area (Å²) in [4.78, 5) is 26.1. The molecule has 2 aliphatic rings. The van der Waals surface area contributed by atoms with Crippen molar-refractivity contribution in [3.63, 3.8) is 0 Å². The number of hydrogen-bond acceptors (Lipinski definition) is 2. The molecule has 0 spiro atoms. The van der Waals surface area contributed by atoms with Crippen LogP contribution in [-0.4, -0.2) is 23.8 Å². The standard InChI is InChI=1S/C13H21NO2/c1-4-12-8-6-7-9-13(12,5-2)11(16)14(3)10(12)15/h4-9H2,1-3H3/t12-,13+. The van der Waals surface area contributed by atoms with E-state index in [9.17, 15) is 9.59 Å². The number of amides is 2. The third-order valence-electron chi connectivity index (χ3n) is 5.01. The van der Waals surface area contributed by atoms with Gasteiger partial charge in [0.2, 0.25) is 11.8 Å². The maximum Gasteiger partial charge on any atom is 0.236 e. The Kier molecular flexibility index (Phi) is 2.59. The molecule has 0 aromatic heterocycles. The van der Waals surface area contributed by atoms with E-state index < -0.39 is 0 Å². The number of nitrogens with zero attached hydrogens (tertiary/aromatic N) is 1. The minimum absolute atomic E-state index is 0.0709. The molecule has 2 atom stereocenters. The van der Waals surface area contributed by atoms with E-state index in [1.165, 1.54) is 4.90 Å². The molecular weight excluding hydrogens is 202 g/mol. The van der Waals surface area contributed by atoms with Crippen LogP contribution < -0.4 is 0 Å². The van der Waals surface area contributed by atoms with Crippen molar-refractivity contribution in [3.8, 4) is 0 Å². The first-order valence-electron chi connectivity index (χ1n) is 6.38. The van der Waals surface area contributed by atoms with Gasteiger partial charge in [-0.05, 0) is 25.7 Å². The molecule has 1 aliphatic heterocycles. The lowest BCUT2D eigenvalue weighted by molar-refractivity contribution is -0.140. The van der Waals surface area contributed by atoms with E-state index in [1.807, 2.05) is 0 Å². The van der Waals surface area contributed by atoms with E-state index in [0.717, 1.165) is 38.5 Å². The first kappa shape index (κ1) is 11.6. The summed E-state index contributed by atoms with van der Waals surface area (Å²) in [6.07, 6.45) is 5.56. The minimum Gasteiger partial charge on any atom is -0.285 e. The van der Waals surface area contributed by atoms with Gasteiger partial charge in [0.05, 0.1) is 10.8 Å². The SMILES string of the molecule is CC[C@@]12CCCC[C@]1(CC)C(=O)N(C)C2=O. The van der Waals surface area contributed by atoms with Crippen LogP contribution in [-0.2, 0) is 9.59 Å². The predicted molar refractivity (Wildman–Crippen MR) is 61.7 cm³/mol. The van der Waals surface area contributed by atoms with Crippen molar-refractivity contribution >= 4 is 11.8 Å². The van der Waals surface area contributed by atoms with Gasteiger partial charge in [0.15, 0.2) is 0 Å². The van der Waals surface area contributed by atoms with Crippen LogP contribution in [0.25, 0.3) is 0 Å². The Balaban J connectivity index is 2.56. The fourth-order valence-corrected chi connectivity index (χ4v) is 4.02. The fraction of sp³-hybridized carbons (Fsp3) is 0.846. The molecule has 16 heavy (non-hydrogen) atoms. The van der Waals surface area contributed by atoms with Crippen molar-refractivity contribution in [2.24, 2.45) is 10.8 Å². The molecule has 3 nitrogen and oxygen atoms in total. The van der Waals surface area contributed by atoms with Crippen LogP contribution in [0.5, 0.6) is 0 Å². The second-order valence-corrected chi connectivity index (χ2v) is 5.25. The number of hydrogen-bond donors (Lipinski definition) is 0. The number of rotatable bonds is 2. The Labute approximate surface area is 97.2 Å². The summed E-state index contributed by atoms with van der Waals surface area (Å²) in [5.41, 5.74) is -0.766. The number of likely N-dealkylation sites (tertiary alicyclic amines) is 1. The van der Waals surface area contributed by atoms with Crippen LogP contribution in [0, 0.1) is 10.8 Å². The zero-order chi connectivity index (χ0) is 12.0. The van der Waals surface area contributed by atoms with E-state index in [4.69, 9.17) is 0 Å². The van der Waals surface area contributed by atoms with Crippen molar-refractivity contribution in [2.75, 3.05) is 7.05 Å². The molecule has 1 heterocycles. The summed E-state index contributed by atoms with van der Waals surface area (Å²) in [6.45, 7) is 4.11. The zero-order valence-corrected chi connectivity index (χ0v) is 10.5. The van der Waals surface area contributed by atoms with Crippen LogP contribution >= 0.6 is 0 Å². The Morgan fingerprint density at radius 3 is 1.69 bits per heavy atom. The highest BCUT2D eigenvalue weighted by Gasteiger charge is 2.66. The Hall–Kier alpha value is -0.860. The zero-order valence-electron chi connectivity index (χ0n) is 10.5. The van der Waals surface area contributed by atoms with Crippen LogP contribution in [0.2, 0.25) is 0 Å². The normalized spacial score (nSPS) is 39.1. The molecule has 0 radical (unpaired) electrons. The van der Waals surface area contributed by atoms with Gasteiger partial charge in [-0.25, -0.2) is 0 Å². The fourth-order valence-electron chi connectivity index (χ4n) is 4.02. The molecule has 2 fully saturated rings. The van der Waals surface area contributed by atoms with E-state index in [-0.39, 0.29) is 22.6 Å². The topological polar surface area (TPSA) is 37.4 Å². The Bertz CT molecular complexity index is 307. The van der Waals surface area contributed by atoms with Crippen molar-refractivity contribution in [1.29, 1.82) is 0 Å². The smallest absolute Gasteiger partial charge is 0.236 e. The number of fused-ring (bicyclic) bond motifs is 1. The number of carbonyl (C=O) groups excluding carboxylic acids is 2. The Morgan fingerprint density at radius 1 is 1.00 bits per heavy atom. The minimum atomic E-state index is -0.383. The van der Waals surface area contributed by atoms with Crippen LogP contribution in [0.1, 0.15) is 52.4 Å². The van der Waals surface area contributed by atoms with Crippen LogP contribution in [0.3, 0.4) is 0 Å². The molecule has 3 heteroatoms. The van der Waals surface area contributed by atoms with Gasteiger partial charge in [0, 0.05) is 7.05 Å². The molecular formula is C13H21NO2. The third-order valence-corrected chi connectivity index (χ3v) is 5.01. The third kappa shape index (κ3) is 1.04. The first-order chi connectivity index (χ1) is 7.55. The molecule has 2 rings (SSSR count).